The number of carbonyl (C=O) groups is 1. The van der Waals surface area contributed by atoms with Gasteiger partial charge < -0.3 is 19.3 Å². The summed E-state index contributed by atoms with van der Waals surface area (Å²) in [5.41, 5.74) is 2.10. The van der Waals surface area contributed by atoms with Crippen LogP contribution in [-0.2, 0) is 25.9 Å². The second-order valence-electron chi connectivity index (χ2n) is 9.10. The Morgan fingerprint density at radius 1 is 1.08 bits per heavy atom. The van der Waals surface area contributed by atoms with Crippen molar-refractivity contribution in [3.05, 3.63) is 64.7 Å². The quantitative estimate of drug-likeness (QED) is 0.191. The monoisotopic (exact) mass is 561 g/mol. The first-order chi connectivity index (χ1) is 18.7. The largest absolute Gasteiger partial charge is 0.497 e. The summed E-state index contributed by atoms with van der Waals surface area (Å²) in [6.45, 7) is 2.20. The van der Waals surface area contributed by atoms with Crippen molar-refractivity contribution < 1.29 is 37.7 Å². The van der Waals surface area contributed by atoms with E-state index in [4.69, 9.17) is 19.4 Å². The molecule has 1 aliphatic rings. The third-order valence-corrected chi connectivity index (χ3v) is 9.44. The van der Waals surface area contributed by atoms with E-state index in [0.717, 1.165) is 0 Å². The van der Waals surface area contributed by atoms with Crippen LogP contribution in [0.25, 0.3) is 5.69 Å². The maximum atomic E-state index is 13.3. The first kappa shape index (κ1) is 28.2. The Morgan fingerprint density at radius 2 is 1.69 bits per heavy atom. The van der Waals surface area contributed by atoms with Gasteiger partial charge in [-0.25, -0.2) is 18.7 Å². The number of hydroxylamine groups is 1. The van der Waals surface area contributed by atoms with Gasteiger partial charge in [0.2, 0.25) is 5.88 Å². The summed E-state index contributed by atoms with van der Waals surface area (Å²) in [7, 11) is -2.58. The second kappa shape index (κ2) is 11.5. The van der Waals surface area contributed by atoms with E-state index in [0.29, 0.717) is 29.3 Å². The maximum Gasteiger partial charge on any atom is 0.335 e. The van der Waals surface area contributed by atoms with Crippen molar-refractivity contribution in [1.82, 2.24) is 14.6 Å². The second-order valence-corrected chi connectivity index (χ2v) is 11.4. The zero-order valence-corrected chi connectivity index (χ0v) is 22.4. The van der Waals surface area contributed by atoms with Crippen LogP contribution in [0.2, 0.25) is 0 Å². The van der Waals surface area contributed by atoms with E-state index in [9.17, 15) is 23.1 Å². The highest BCUT2D eigenvalue weighted by molar-refractivity contribution is 7.93. The molecular formula is C26H31N3O9S. The van der Waals surface area contributed by atoms with Crippen LogP contribution in [0.1, 0.15) is 25.0 Å². The SMILES string of the molecule is COc1ccc(-n2c(C)c(O)n(CCCOc3ccc(S(=O)(=O)C4(C(=O)NO)CCOCC4)cc3)c2=O)cc1. The van der Waals surface area contributed by atoms with Crippen molar-refractivity contribution in [3.63, 3.8) is 0 Å². The average Bonchev–Trinajstić information content (AvgIpc) is 3.18. The first-order valence-electron chi connectivity index (χ1n) is 12.3. The Labute approximate surface area is 225 Å². The van der Waals surface area contributed by atoms with Gasteiger partial charge in [-0.3, -0.25) is 19.1 Å². The summed E-state index contributed by atoms with van der Waals surface area (Å²) in [5, 5.41) is 19.7. The lowest BCUT2D eigenvalue weighted by Gasteiger charge is -2.34. The van der Waals surface area contributed by atoms with Crippen LogP contribution in [0.3, 0.4) is 0 Å². The lowest BCUT2D eigenvalue weighted by molar-refractivity contribution is -0.134. The molecule has 1 fully saturated rings. The van der Waals surface area contributed by atoms with Gasteiger partial charge in [0, 0.05) is 19.8 Å². The number of ether oxygens (including phenoxy) is 3. The molecule has 1 aromatic heterocycles. The number of aromatic hydroxyl groups is 1. The van der Waals surface area contributed by atoms with E-state index in [2.05, 4.69) is 0 Å². The van der Waals surface area contributed by atoms with E-state index in [-0.39, 0.29) is 50.0 Å². The van der Waals surface area contributed by atoms with Gasteiger partial charge in [0.1, 0.15) is 11.5 Å². The molecule has 1 aliphatic heterocycles. The number of imidazole rings is 1. The average molecular weight is 562 g/mol. The van der Waals surface area contributed by atoms with Gasteiger partial charge in [-0.05, 0) is 74.7 Å². The first-order valence-corrected chi connectivity index (χ1v) is 13.8. The molecule has 0 atom stereocenters. The van der Waals surface area contributed by atoms with E-state index >= 15 is 0 Å². The number of hydrogen-bond donors (Lipinski definition) is 3. The van der Waals surface area contributed by atoms with Gasteiger partial charge in [-0.15, -0.1) is 0 Å². The zero-order valence-electron chi connectivity index (χ0n) is 21.6. The summed E-state index contributed by atoms with van der Waals surface area (Å²) in [6, 6.07) is 12.6. The number of carbonyl (C=O) groups excluding carboxylic acids is 1. The predicted octanol–water partition coefficient (Wildman–Crippen LogP) is 1.96. The number of aromatic nitrogens is 2. The number of benzene rings is 2. The third-order valence-electron chi connectivity index (χ3n) is 6.93. The van der Waals surface area contributed by atoms with Crippen molar-refractivity contribution in [3.8, 4) is 23.1 Å². The van der Waals surface area contributed by atoms with Crippen LogP contribution < -0.4 is 20.6 Å². The van der Waals surface area contributed by atoms with Gasteiger partial charge in [0.15, 0.2) is 14.6 Å². The standard InChI is InChI=1S/C26H31N3O9S/c1-18-23(30)28(25(32)29(18)19-4-6-20(36-2)7-5-19)14-3-15-38-21-8-10-22(11-9-21)39(34,35)26(24(31)27-33)12-16-37-17-13-26/h4-11,30,33H,3,12-17H2,1-2H3,(H,27,31). The number of hydrogen-bond acceptors (Lipinski definition) is 9. The van der Waals surface area contributed by atoms with Crippen molar-refractivity contribution in [1.29, 1.82) is 0 Å². The highest BCUT2D eigenvalue weighted by Crippen LogP contribution is 2.35. The van der Waals surface area contributed by atoms with Gasteiger partial charge in [-0.1, -0.05) is 0 Å². The molecule has 1 saturated heterocycles. The number of sulfone groups is 1. The smallest absolute Gasteiger partial charge is 0.335 e. The molecule has 0 saturated carbocycles. The fourth-order valence-corrected chi connectivity index (χ4v) is 6.60. The molecule has 12 nitrogen and oxygen atoms in total. The molecule has 1 amide bonds. The van der Waals surface area contributed by atoms with Crippen LogP contribution in [0.15, 0.2) is 58.2 Å². The summed E-state index contributed by atoms with van der Waals surface area (Å²) < 4.78 is 43.6. The molecule has 0 spiro atoms. The van der Waals surface area contributed by atoms with Crippen LogP contribution in [0.5, 0.6) is 17.4 Å². The van der Waals surface area contributed by atoms with Crippen LogP contribution in [0.4, 0.5) is 0 Å². The van der Waals surface area contributed by atoms with Gasteiger partial charge in [-0.2, -0.15) is 0 Å². The Kier molecular flexibility index (Phi) is 8.33. The van der Waals surface area contributed by atoms with Gasteiger partial charge in [0.05, 0.1) is 30.0 Å². The van der Waals surface area contributed by atoms with Gasteiger partial charge in [0.25, 0.3) is 5.91 Å². The molecule has 4 rings (SSSR count). The van der Waals surface area contributed by atoms with Crippen LogP contribution >= 0.6 is 0 Å². The summed E-state index contributed by atoms with van der Waals surface area (Å²) in [5.74, 6) is -0.0835. The molecule has 210 valence electrons. The molecule has 0 radical (unpaired) electrons. The molecule has 0 aliphatic carbocycles. The number of methoxy groups -OCH3 is 1. The molecule has 3 aromatic rings. The molecule has 2 heterocycles. The molecule has 3 N–H and O–H groups in total. The fourth-order valence-electron chi connectivity index (χ4n) is 4.66. The van der Waals surface area contributed by atoms with Crippen LogP contribution in [0, 0.1) is 6.92 Å². The minimum atomic E-state index is -4.13. The Morgan fingerprint density at radius 3 is 2.28 bits per heavy atom. The number of rotatable bonds is 10. The highest BCUT2D eigenvalue weighted by Gasteiger charge is 2.52. The van der Waals surface area contributed by atoms with E-state index in [1.165, 1.54) is 38.9 Å². The summed E-state index contributed by atoms with van der Waals surface area (Å²) in [4.78, 5) is 25.3. The summed E-state index contributed by atoms with van der Waals surface area (Å²) in [6.07, 6.45) is 0.233. The highest BCUT2D eigenvalue weighted by atomic mass is 32.2. The Hall–Kier alpha value is -3.81. The Balaban J connectivity index is 1.41. The fraction of sp³-hybridized carbons (Fsp3) is 0.385. The van der Waals surface area contributed by atoms with Crippen LogP contribution in [-0.4, -0.2) is 65.5 Å². The van der Waals surface area contributed by atoms with E-state index in [1.807, 2.05) is 0 Å². The minimum Gasteiger partial charge on any atom is -0.497 e. The molecule has 2 aromatic carbocycles. The van der Waals surface area contributed by atoms with E-state index < -0.39 is 26.2 Å². The molecule has 39 heavy (non-hydrogen) atoms. The number of nitrogens with one attached hydrogen (secondary N) is 1. The lowest BCUT2D eigenvalue weighted by atomic mass is 9.98. The zero-order chi connectivity index (χ0) is 28.2. The van der Waals surface area contributed by atoms with Crippen molar-refractivity contribution in [2.45, 2.75) is 42.4 Å². The van der Waals surface area contributed by atoms with E-state index in [1.54, 1.807) is 38.3 Å². The van der Waals surface area contributed by atoms with Gasteiger partial charge >= 0.3 is 5.69 Å². The lowest BCUT2D eigenvalue weighted by Crippen LogP contribution is -2.54. The molecule has 0 unspecified atom stereocenters. The van der Waals surface area contributed by atoms with Crippen molar-refractivity contribution in [2.24, 2.45) is 0 Å². The number of nitrogens with zero attached hydrogens (tertiary/aromatic N) is 2. The maximum absolute atomic E-state index is 13.3. The van der Waals surface area contributed by atoms with Crippen molar-refractivity contribution >= 4 is 15.7 Å². The minimum absolute atomic E-state index is 0.0767. The summed E-state index contributed by atoms with van der Waals surface area (Å²) >= 11 is 0. The topological polar surface area (TPSA) is 158 Å². The molecule has 0 bridgehead atoms. The third kappa shape index (κ3) is 5.24. The number of amides is 1. The predicted molar refractivity (Wildman–Crippen MR) is 139 cm³/mol. The molecular weight excluding hydrogens is 530 g/mol. The van der Waals surface area contributed by atoms with Crippen molar-refractivity contribution in [2.75, 3.05) is 26.9 Å². The Bertz CT molecular complexity index is 1470. The molecule has 13 heteroatoms. The normalized spacial score (nSPS) is 15.1.